The van der Waals surface area contributed by atoms with Crippen molar-refractivity contribution in [3.05, 3.63) is 6.42 Å². The maximum absolute atomic E-state index is 5.10. The second-order valence-corrected chi connectivity index (χ2v) is 2.02. The molecule has 0 aliphatic carbocycles. The molecule has 0 aromatic heterocycles. The van der Waals surface area contributed by atoms with Crippen LogP contribution in [-0.4, -0.2) is 24.7 Å². The Bertz CT molecular complexity index is 58.7. The molecule has 0 spiro atoms. The number of hydrogen-bond donors (Lipinski definition) is 2. The highest BCUT2D eigenvalue weighted by Gasteiger charge is 2.08. The summed E-state index contributed by atoms with van der Waals surface area (Å²) < 4.78 is 0. The first-order valence-electron chi connectivity index (χ1n) is 2.91. The summed E-state index contributed by atoms with van der Waals surface area (Å²) in [6, 6.07) is 0. The summed E-state index contributed by atoms with van der Waals surface area (Å²) >= 11 is 0. The van der Waals surface area contributed by atoms with Gasteiger partial charge in [0.25, 0.3) is 0 Å². The molecule has 3 heteroatoms. The van der Waals surface area contributed by atoms with Crippen LogP contribution in [0.15, 0.2) is 0 Å². The molecule has 3 nitrogen and oxygen atoms in total. The van der Waals surface area contributed by atoms with Crippen LogP contribution in [0.4, 0.5) is 0 Å². The van der Waals surface area contributed by atoms with Crippen LogP contribution in [0.2, 0.25) is 0 Å². The minimum Gasteiger partial charge on any atom is -0.289 e. The van der Waals surface area contributed by atoms with Crippen molar-refractivity contribution in [3.8, 4) is 0 Å². The monoisotopic (exact) mass is 114 g/mol. The smallest absolute Gasteiger partial charge is 0.0612 e. The van der Waals surface area contributed by atoms with E-state index < -0.39 is 0 Å². The Balaban J connectivity index is 2.06. The van der Waals surface area contributed by atoms with Crippen LogP contribution in [0.5, 0.6) is 0 Å². The molecule has 0 saturated carbocycles. The SMILES string of the molecule is NNCN1C[CH]CC1. The number of nitrogens with two attached hydrogens (primary N) is 1. The highest BCUT2D eigenvalue weighted by Crippen LogP contribution is 2.02. The van der Waals surface area contributed by atoms with Gasteiger partial charge in [-0.3, -0.25) is 10.7 Å². The molecule has 1 radical (unpaired) electrons. The van der Waals surface area contributed by atoms with E-state index >= 15 is 0 Å². The van der Waals surface area contributed by atoms with E-state index in [4.69, 9.17) is 5.84 Å². The summed E-state index contributed by atoms with van der Waals surface area (Å²) in [4.78, 5) is 2.25. The molecule has 0 unspecified atom stereocenters. The highest BCUT2D eigenvalue weighted by atomic mass is 15.3. The molecule has 0 bridgehead atoms. The molecular weight excluding hydrogens is 102 g/mol. The maximum Gasteiger partial charge on any atom is 0.0612 e. The Morgan fingerprint density at radius 1 is 1.75 bits per heavy atom. The molecule has 1 aliphatic rings. The van der Waals surface area contributed by atoms with Gasteiger partial charge in [0.15, 0.2) is 0 Å². The van der Waals surface area contributed by atoms with Crippen LogP contribution in [0, 0.1) is 6.42 Å². The largest absolute Gasteiger partial charge is 0.289 e. The summed E-state index contributed by atoms with van der Waals surface area (Å²) in [6.07, 6.45) is 3.47. The summed E-state index contributed by atoms with van der Waals surface area (Å²) in [7, 11) is 0. The molecular formula is C5H12N3. The molecule has 0 amide bonds. The van der Waals surface area contributed by atoms with Crippen molar-refractivity contribution < 1.29 is 0 Å². The van der Waals surface area contributed by atoms with Gasteiger partial charge in [-0.2, -0.15) is 0 Å². The topological polar surface area (TPSA) is 41.3 Å². The third-order valence-electron chi connectivity index (χ3n) is 1.35. The highest BCUT2D eigenvalue weighted by molar-refractivity contribution is 4.79. The molecule has 8 heavy (non-hydrogen) atoms. The zero-order valence-corrected chi connectivity index (χ0v) is 4.93. The fraction of sp³-hybridized carbons (Fsp3) is 0.800. The van der Waals surface area contributed by atoms with Crippen LogP contribution >= 0.6 is 0 Å². The van der Waals surface area contributed by atoms with Gasteiger partial charge in [0.05, 0.1) is 6.67 Å². The lowest BCUT2D eigenvalue weighted by Gasteiger charge is -2.11. The van der Waals surface area contributed by atoms with Crippen molar-refractivity contribution >= 4 is 0 Å². The fourth-order valence-electron chi connectivity index (χ4n) is 0.912. The molecule has 1 rings (SSSR count). The first kappa shape index (κ1) is 6.01. The van der Waals surface area contributed by atoms with E-state index in [9.17, 15) is 0 Å². The van der Waals surface area contributed by atoms with E-state index in [0.717, 1.165) is 19.8 Å². The molecule has 0 aromatic rings. The van der Waals surface area contributed by atoms with Gasteiger partial charge in [0, 0.05) is 6.54 Å². The molecule has 47 valence electrons. The van der Waals surface area contributed by atoms with Crippen molar-refractivity contribution in [2.24, 2.45) is 5.84 Å². The van der Waals surface area contributed by atoms with E-state index in [1.165, 1.54) is 6.42 Å². The van der Waals surface area contributed by atoms with Gasteiger partial charge in [-0.1, -0.05) is 0 Å². The number of rotatable bonds is 2. The lowest BCUT2D eigenvalue weighted by atomic mass is 10.4. The standard InChI is InChI=1S/C5H12N3/c6-7-5-8-3-1-2-4-8/h1,7H,2-6H2. The lowest BCUT2D eigenvalue weighted by molar-refractivity contribution is 0.317. The van der Waals surface area contributed by atoms with Gasteiger partial charge in [-0.25, -0.2) is 5.43 Å². The number of likely N-dealkylation sites (tertiary alicyclic amines) is 1. The average molecular weight is 114 g/mol. The van der Waals surface area contributed by atoms with E-state index in [1.54, 1.807) is 0 Å². The summed E-state index contributed by atoms with van der Waals surface area (Å²) in [6.45, 7) is 3.06. The summed E-state index contributed by atoms with van der Waals surface area (Å²) in [5.74, 6) is 5.10. The van der Waals surface area contributed by atoms with Crippen molar-refractivity contribution in [1.29, 1.82) is 0 Å². The molecule has 1 aliphatic heterocycles. The Morgan fingerprint density at radius 2 is 2.62 bits per heavy atom. The number of hydrogen-bond acceptors (Lipinski definition) is 3. The summed E-state index contributed by atoms with van der Waals surface area (Å²) in [5.41, 5.74) is 2.62. The van der Waals surface area contributed by atoms with Crippen molar-refractivity contribution in [2.45, 2.75) is 6.42 Å². The second-order valence-electron chi connectivity index (χ2n) is 2.02. The van der Waals surface area contributed by atoms with Gasteiger partial charge < -0.3 is 0 Å². The third kappa shape index (κ3) is 1.43. The zero-order chi connectivity index (χ0) is 5.82. The average Bonchev–Trinajstić information content (AvgIpc) is 2.19. The normalized spacial score (nSPS) is 22.1. The predicted molar refractivity (Wildman–Crippen MR) is 32.7 cm³/mol. The van der Waals surface area contributed by atoms with Crippen LogP contribution in [0.25, 0.3) is 0 Å². The van der Waals surface area contributed by atoms with Crippen LogP contribution < -0.4 is 11.3 Å². The molecule has 0 atom stereocenters. The van der Waals surface area contributed by atoms with Gasteiger partial charge >= 0.3 is 0 Å². The van der Waals surface area contributed by atoms with Crippen LogP contribution in [-0.2, 0) is 0 Å². The molecule has 1 heterocycles. The minimum atomic E-state index is 0.816. The Kier molecular flexibility index (Phi) is 2.27. The van der Waals surface area contributed by atoms with E-state index in [2.05, 4.69) is 16.7 Å². The van der Waals surface area contributed by atoms with Crippen molar-refractivity contribution in [2.75, 3.05) is 19.8 Å². The minimum absolute atomic E-state index is 0.816. The quantitative estimate of drug-likeness (QED) is 0.369. The Morgan fingerprint density at radius 3 is 3.12 bits per heavy atom. The number of nitrogens with zero attached hydrogens (tertiary/aromatic N) is 1. The predicted octanol–water partition coefficient (Wildman–Crippen LogP) is -0.683. The van der Waals surface area contributed by atoms with E-state index in [0.29, 0.717) is 0 Å². The lowest BCUT2D eigenvalue weighted by Crippen LogP contribution is -2.35. The maximum atomic E-state index is 5.10. The molecule has 0 aromatic carbocycles. The first-order chi connectivity index (χ1) is 3.93. The third-order valence-corrected chi connectivity index (χ3v) is 1.35. The number of hydrazine groups is 1. The molecule has 3 N–H and O–H groups in total. The van der Waals surface area contributed by atoms with Crippen molar-refractivity contribution in [1.82, 2.24) is 10.3 Å². The van der Waals surface area contributed by atoms with Crippen LogP contribution in [0.1, 0.15) is 6.42 Å². The Hall–Kier alpha value is -0.120. The van der Waals surface area contributed by atoms with Gasteiger partial charge in [-0.05, 0) is 19.4 Å². The first-order valence-corrected chi connectivity index (χ1v) is 2.91. The second kappa shape index (κ2) is 3.02. The molecule has 1 fully saturated rings. The van der Waals surface area contributed by atoms with Crippen molar-refractivity contribution in [3.63, 3.8) is 0 Å². The molecule has 1 saturated heterocycles. The van der Waals surface area contributed by atoms with Gasteiger partial charge in [0.2, 0.25) is 0 Å². The van der Waals surface area contributed by atoms with E-state index in [-0.39, 0.29) is 0 Å². The summed E-state index contributed by atoms with van der Waals surface area (Å²) in [5, 5.41) is 0. The zero-order valence-electron chi connectivity index (χ0n) is 4.93. The number of nitrogens with one attached hydrogen (secondary N) is 1. The Labute approximate surface area is 49.8 Å². The van der Waals surface area contributed by atoms with E-state index in [1.807, 2.05) is 0 Å². The van der Waals surface area contributed by atoms with Gasteiger partial charge in [-0.15, -0.1) is 0 Å². The fourth-order valence-corrected chi connectivity index (χ4v) is 0.912. The van der Waals surface area contributed by atoms with Gasteiger partial charge in [0.1, 0.15) is 0 Å². The van der Waals surface area contributed by atoms with Crippen LogP contribution in [0.3, 0.4) is 0 Å².